The van der Waals surface area contributed by atoms with Gasteiger partial charge in [-0.3, -0.25) is 4.79 Å². The van der Waals surface area contributed by atoms with E-state index in [4.69, 9.17) is 9.47 Å². The fourth-order valence-electron chi connectivity index (χ4n) is 5.42. The molecule has 2 aromatic carbocycles. The van der Waals surface area contributed by atoms with Gasteiger partial charge in [-0.25, -0.2) is 9.59 Å². The number of fused-ring (bicyclic) bond motifs is 3. The molecule has 8 nitrogen and oxygen atoms in total. The monoisotopic (exact) mass is 478 g/mol. The molecule has 0 spiro atoms. The summed E-state index contributed by atoms with van der Waals surface area (Å²) in [5, 5.41) is 14.9. The van der Waals surface area contributed by atoms with Crippen LogP contribution in [0.3, 0.4) is 0 Å². The van der Waals surface area contributed by atoms with Crippen molar-refractivity contribution in [3.8, 4) is 11.1 Å². The SMILES string of the molecule is O=C(CC(NC(=O)OCC1c2ccccc2-c2ccccc21)C1CCC1)NC1CCOC1C(=O)O. The Bertz CT molecular complexity index is 1070. The van der Waals surface area contributed by atoms with Crippen molar-refractivity contribution in [3.05, 3.63) is 59.7 Å². The summed E-state index contributed by atoms with van der Waals surface area (Å²) in [5.74, 6) is -1.20. The Kier molecular flexibility index (Phi) is 6.72. The minimum atomic E-state index is -1.08. The van der Waals surface area contributed by atoms with Gasteiger partial charge in [0.15, 0.2) is 6.10 Å². The number of hydrogen-bond donors (Lipinski definition) is 3. The molecule has 3 unspecified atom stereocenters. The summed E-state index contributed by atoms with van der Waals surface area (Å²) >= 11 is 0. The summed E-state index contributed by atoms with van der Waals surface area (Å²) in [4.78, 5) is 36.8. The molecule has 2 fully saturated rings. The smallest absolute Gasteiger partial charge is 0.407 e. The normalized spacial score (nSPS) is 21.9. The van der Waals surface area contributed by atoms with E-state index in [2.05, 4.69) is 34.9 Å². The Morgan fingerprint density at radius 3 is 2.26 bits per heavy atom. The summed E-state index contributed by atoms with van der Waals surface area (Å²) in [7, 11) is 0. The molecule has 2 aliphatic carbocycles. The zero-order valence-corrected chi connectivity index (χ0v) is 19.4. The lowest BCUT2D eigenvalue weighted by Crippen LogP contribution is -2.49. The number of nitrogens with one attached hydrogen (secondary N) is 2. The summed E-state index contributed by atoms with van der Waals surface area (Å²) in [6.45, 7) is 0.509. The number of carboxylic acids is 1. The highest BCUT2D eigenvalue weighted by Gasteiger charge is 2.37. The molecule has 5 rings (SSSR count). The van der Waals surface area contributed by atoms with Gasteiger partial charge in [-0.2, -0.15) is 0 Å². The fraction of sp³-hybridized carbons (Fsp3) is 0.444. The maximum absolute atomic E-state index is 12.8. The van der Waals surface area contributed by atoms with Crippen LogP contribution in [0.4, 0.5) is 4.79 Å². The molecule has 1 heterocycles. The largest absolute Gasteiger partial charge is 0.479 e. The van der Waals surface area contributed by atoms with Crippen LogP contribution in [0, 0.1) is 5.92 Å². The van der Waals surface area contributed by atoms with Gasteiger partial charge < -0.3 is 25.2 Å². The Morgan fingerprint density at radius 2 is 1.66 bits per heavy atom. The van der Waals surface area contributed by atoms with Crippen LogP contribution >= 0.6 is 0 Å². The third kappa shape index (κ3) is 4.89. The number of alkyl carbamates (subject to hydrolysis) is 1. The van der Waals surface area contributed by atoms with Crippen molar-refractivity contribution in [2.45, 2.75) is 56.2 Å². The predicted octanol–water partition coefficient (Wildman–Crippen LogP) is 3.44. The van der Waals surface area contributed by atoms with E-state index >= 15 is 0 Å². The van der Waals surface area contributed by atoms with Crippen molar-refractivity contribution in [1.82, 2.24) is 10.6 Å². The van der Waals surface area contributed by atoms with E-state index in [0.717, 1.165) is 41.5 Å². The number of benzene rings is 2. The van der Waals surface area contributed by atoms with Crippen molar-refractivity contribution >= 4 is 18.0 Å². The molecular formula is C27H30N2O6. The van der Waals surface area contributed by atoms with E-state index in [1.807, 2.05) is 24.3 Å². The Labute approximate surface area is 204 Å². The first kappa shape index (κ1) is 23.4. The van der Waals surface area contributed by atoms with E-state index in [-0.39, 0.29) is 36.8 Å². The molecule has 3 N–H and O–H groups in total. The molecule has 2 amide bonds. The number of rotatable bonds is 8. The highest BCUT2D eigenvalue weighted by Crippen LogP contribution is 2.44. The molecule has 35 heavy (non-hydrogen) atoms. The number of carbonyl (C=O) groups is 3. The van der Waals surface area contributed by atoms with Gasteiger partial charge in [-0.05, 0) is 47.4 Å². The van der Waals surface area contributed by atoms with Crippen LogP contribution in [0.15, 0.2) is 48.5 Å². The van der Waals surface area contributed by atoms with E-state index in [1.54, 1.807) is 0 Å². The Morgan fingerprint density at radius 1 is 1.00 bits per heavy atom. The maximum atomic E-state index is 12.8. The zero-order chi connectivity index (χ0) is 24.4. The number of amides is 2. The highest BCUT2D eigenvalue weighted by atomic mass is 16.5. The van der Waals surface area contributed by atoms with E-state index < -0.39 is 24.2 Å². The third-order valence-corrected chi connectivity index (χ3v) is 7.45. The van der Waals surface area contributed by atoms with Crippen molar-refractivity contribution < 1.29 is 29.0 Å². The van der Waals surface area contributed by atoms with Crippen LogP contribution in [0.5, 0.6) is 0 Å². The minimum Gasteiger partial charge on any atom is -0.479 e. The second kappa shape index (κ2) is 10.1. The van der Waals surface area contributed by atoms with Gasteiger partial charge in [0.05, 0.1) is 6.04 Å². The van der Waals surface area contributed by atoms with Crippen LogP contribution < -0.4 is 10.6 Å². The molecule has 8 heteroatoms. The van der Waals surface area contributed by atoms with Crippen molar-refractivity contribution in [1.29, 1.82) is 0 Å². The topological polar surface area (TPSA) is 114 Å². The minimum absolute atomic E-state index is 0.0334. The second-order valence-electron chi connectivity index (χ2n) is 9.56. The van der Waals surface area contributed by atoms with Gasteiger partial charge in [0.2, 0.25) is 5.91 Å². The van der Waals surface area contributed by atoms with Crippen molar-refractivity contribution in [2.75, 3.05) is 13.2 Å². The molecule has 0 bridgehead atoms. The van der Waals surface area contributed by atoms with Gasteiger partial charge >= 0.3 is 12.1 Å². The number of carbonyl (C=O) groups excluding carboxylic acids is 2. The average Bonchev–Trinajstić information content (AvgIpc) is 3.39. The molecule has 2 aromatic rings. The molecule has 0 radical (unpaired) electrons. The van der Waals surface area contributed by atoms with Gasteiger partial charge in [-0.1, -0.05) is 55.0 Å². The summed E-state index contributed by atoms with van der Waals surface area (Å²) in [5.41, 5.74) is 4.61. The molecule has 1 saturated heterocycles. The first-order valence-corrected chi connectivity index (χ1v) is 12.3. The summed E-state index contributed by atoms with van der Waals surface area (Å²) < 4.78 is 10.9. The molecule has 3 atom stereocenters. The quantitative estimate of drug-likeness (QED) is 0.536. The first-order chi connectivity index (χ1) is 17.0. The molecule has 184 valence electrons. The molecular weight excluding hydrogens is 448 g/mol. The molecule has 1 aliphatic heterocycles. The van der Waals surface area contributed by atoms with Crippen LogP contribution in [0.2, 0.25) is 0 Å². The number of ether oxygens (including phenoxy) is 2. The lowest BCUT2D eigenvalue weighted by atomic mass is 9.78. The van der Waals surface area contributed by atoms with Gasteiger partial charge in [0.1, 0.15) is 6.61 Å². The van der Waals surface area contributed by atoms with Crippen molar-refractivity contribution in [3.63, 3.8) is 0 Å². The third-order valence-electron chi connectivity index (χ3n) is 7.45. The number of hydrogen-bond acceptors (Lipinski definition) is 5. The van der Waals surface area contributed by atoms with Gasteiger partial charge in [-0.15, -0.1) is 0 Å². The van der Waals surface area contributed by atoms with Crippen LogP contribution in [-0.4, -0.2) is 54.5 Å². The van der Waals surface area contributed by atoms with Crippen LogP contribution in [0.25, 0.3) is 11.1 Å². The fourth-order valence-corrected chi connectivity index (χ4v) is 5.42. The highest BCUT2D eigenvalue weighted by molar-refractivity contribution is 5.81. The summed E-state index contributed by atoms with van der Waals surface area (Å²) in [6, 6.07) is 15.4. The second-order valence-corrected chi connectivity index (χ2v) is 9.56. The standard InChI is InChI=1S/C27H30N2O6/c30-24(28-22-12-13-34-25(22)26(31)32)14-23(16-6-5-7-16)29-27(33)35-15-21-19-10-3-1-8-17(19)18-9-2-4-11-20(18)21/h1-4,8-11,16,21-23,25H,5-7,12-15H2,(H,28,30)(H,29,33)(H,31,32). The Hall–Kier alpha value is -3.39. The first-order valence-electron chi connectivity index (χ1n) is 12.3. The molecule has 1 saturated carbocycles. The predicted molar refractivity (Wildman–Crippen MR) is 128 cm³/mol. The maximum Gasteiger partial charge on any atom is 0.407 e. The Balaban J connectivity index is 1.19. The average molecular weight is 479 g/mol. The van der Waals surface area contributed by atoms with Crippen LogP contribution in [0.1, 0.15) is 49.1 Å². The number of carboxylic acid groups (broad SMARTS) is 1. The lowest BCUT2D eigenvalue weighted by Gasteiger charge is -2.34. The van der Waals surface area contributed by atoms with Gasteiger partial charge in [0, 0.05) is 25.0 Å². The van der Waals surface area contributed by atoms with E-state index in [1.165, 1.54) is 0 Å². The summed E-state index contributed by atoms with van der Waals surface area (Å²) in [6.07, 6.45) is 1.90. The van der Waals surface area contributed by atoms with Gasteiger partial charge in [0.25, 0.3) is 0 Å². The molecule has 3 aliphatic rings. The van der Waals surface area contributed by atoms with Crippen LogP contribution in [-0.2, 0) is 19.1 Å². The zero-order valence-electron chi connectivity index (χ0n) is 19.4. The molecule has 0 aromatic heterocycles. The van der Waals surface area contributed by atoms with Crippen molar-refractivity contribution in [2.24, 2.45) is 5.92 Å². The van der Waals surface area contributed by atoms with E-state index in [0.29, 0.717) is 13.0 Å². The number of aliphatic carboxylic acids is 1. The van der Waals surface area contributed by atoms with E-state index in [9.17, 15) is 19.5 Å². The lowest BCUT2D eigenvalue weighted by molar-refractivity contribution is -0.148.